The van der Waals surface area contributed by atoms with Crippen molar-refractivity contribution >= 4 is 69.3 Å². The number of carbonyl (C=O) groups excluding carboxylic acids is 3. The molecule has 1 heterocycles. The number of nitrogens with zero attached hydrogens (tertiary/aromatic N) is 2. The third-order valence-electron chi connectivity index (χ3n) is 5.66. The van der Waals surface area contributed by atoms with Crippen molar-refractivity contribution in [1.82, 2.24) is 4.98 Å². The molecule has 1 saturated carbocycles. The summed E-state index contributed by atoms with van der Waals surface area (Å²) in [7, 11) is 1.00. The number of aliphatic hydroxyl groups excluding tert-OH is 1. The normalized spacial score (nSPS) is 12.9. The lowest BCUT2D eigenvalue weighted by Gasteiger charge is -2.09. The number of nitrogens with one attached hydrogen (secondary N) is 2. The molecule has 0 amide bonds. The van der Waals surface area contributed by atoms with Crippen LogP contribution in [-0.2, 0) is 16.0 Å². The second kappa shape index (κ2) is 19.4. The fourth-order valence-electron chi connectivity index (χ4n) is 3.84. The summed E-state index contributed by atoms with van der Waals surface area (Å²) in [5, 5.41) is 8.04. The molecule has 0 bridgehead atoms. The van der Waals surface area contributed by atoms with Gasteiger partial charge in [0.1, 0.15) is 0 Å². The van der Waals surface area contributed by atoms with E-state index in [1.165, 1.54) is 6.38 Å². The Hall–Kier alpha value is -3.73. The molecule has 5 rings (SSSR count). The molecule has 0 saturated heterocycles. The predicted octanol–water partition coefficient (Wildman–Crippen LogP) is 6.34. The van der Waals surface area contributed by atoms with Crippen molar-refractivity contribution < 1.29 is 19.5 Å². The van der Waals surface area contributed by atoms with Gasteiger partial charge in [-0.2, -0.15) is 0 Å². The number of halogens is 2. The molecule has 5 N–H and O–H groups in total. The van der Waals surface area contributed by atoms with Crippen LogP contribution in [0, 0.1) is 13.1 Å². The molecule has 39 heavy (non-hydrogen) atoms. The van der Waals surface area contributed by atoms with Crippen molar-refractivity contribution in [3.63, 3.8) is 0 Å². The van der Waals surface area contributed by atoms with Crippen LogP contribution in [0.1, 0.15) is 54.6 Å². The molecule has 1 aromatic heterocycles. The third kappa shape index (κ3) is 10.5. The highest BCUT2D eigenvalue weighted by Crippen LogP contribution is 2.31. The van der Waals surface area contributed by atoms with E-state index in [0.29, 0.717) is 30.6 Å². The number of rotatable bonds is 1. The van der Waals surface area contributed by atoms with Crippen LogP contribution in [0.2, 0.25) is 0 Å². The molecule has 0 radical (unpaired) electrons. The van der Waals surface area contributed by atoms with Gasteiger partial charge >= 0.3 is 0 Å². The van der Waals surface area contributed by atoms with Gasteiger partial charge in [-0.1, -0.05) is 18.2 Å². The van der Waals surface area contributed by atoms with E-state index >= 15 is 0 Å². The Morgan fingerprint density at radius 2 is 1.33 bits per heavy atom. The van der Waals surface area contributed by atoms with Crippen molar-refractivity contribution in [2.24, 2.45) is 5.84 Å². The number of alkyl halides is 1. The Morgan fingerprint density at radius 1 is 0.821 bits per heavy atom. The number of aromatic nitrogens is 1. The number of nitrogen functional groups attached to an aromatic ring is 1. The topological polar surface area (TPSA) is 134 Å². The van der Waals surface area contributed by atoms with Crippen LogP contribution in [0.4, 0.5) is 17.1 Å². The quantitative estimate of drug-likeness (QED) is 0.0881. The number of Topliss-reactive ketones (excluding diaryl/α,β-unsaturated/α-hetero) is 3. The minimum Gasteiger partial charge on any atom is -0.400 e. The van der Waals surface area contributed by atoms with E-state index in [2.05, 4.69) is 31.7 Å². The highest BCUT2D eigenvalue weighted by atomic mass is 35.5. The standard InChI is InChI=1S/C13H10N2O.C7H7N3.C6H8O2.CH3Cl.CH4O.ClH/c1-14-8-5-6-11-10(7-8)9-3-2-4-12(16)13(9)15-11;1-9-6-2-4-7(10-8)5-3-6;7-5-3-1-2-4-6(5)8;2*1-2;/h5-7,15H,2-4H2;2-5,10H,8H2;1-4H2;1H3;2H,1H3;1H. The van der Waals surface area contributed by atoms with Crippen LogP contribution in [0.5, 0.6) is 0 Å². The maximum atomic E-state index is 11.7. The Labute approximate surface area is 239 Å². The first kappa shape index (κ1) is 35.3. The number of hydrazine groups is 1. The number of fused-ring (bicyclic) bond motifs is 3. The van der Waals surface area contributed by atoms with Gasteiger partial charge in [-0.3, -0.25) is 20.2 Å². The number of aryl methyl sites for hydroxylation is 1. The van der Waals surface area contributed by atoms with E-state index < -0.39 is 0 Å². The Bertz CT molecular complexity index is 1290. The fourth-order valence-corrected chi connectivity index (χ4v) is 3.84. The summed E-state index contributed by atoms with van der Waals surface area (Å²) in [5.41, 5.74) is 7.36. The maximum Gasteiger partial charge on any atom is 0.198 e. The molecule has 2 aromatic carbocycles. The van der Waals surface area contributed by atoms with E-state index in [4.69, 9.17) is 24.1 Å². The average Bonchev–Trinajstić information content (AvgIpc) is 3.37. The number of ketones is 3. The Kier molecular flexibility index (Phi) is 17.5. The van der Waals surface area contributed by atoms with E-state index in [1.54, 1.807) is 30.3 Å². The molecular formula is C28H33Cl2N5O4. The highest BCUT2D eigenvalue weighted by molar-refractivity contribution is 6.37. The maximum absolute atomic E-state index is 11.7. The minimum atomic E-state index is -0.170. The van der Waals surface area contributed by atoms with Crippen molar-refractivity contribution in [3.05, 3.63) is 76.6 Å². The summed E-state index contributed by atoms with van der Waals surface area (Å²) in [4.78, 5) is 42.4. The van der Waals surface area contributed by atoms with Gasteiger partial charge in [-0.05, 0) is 60.9 Å². The predicted molar refractivity (Wildman–Crippen MR) is 158 cm³/mol. The van der Waals surface area contributed by atoms with Crippen molar-refractivity contribution in [2.75, 3.05) is 18.9 Å². The lowest BCUT2D eigenvalue weighted by atomic mass is 9.94. The van der Waals surface area contributed by atoms with E-state index in [0.717, 1.165) is 60.6 Å². The van der Waals surface area contributed by atoms with Crippen LogP contribution < -0.4 is 11.3 Å². The molecule has 1 fully saturated rings. The molecule has 11 heteroatoms. The smallest absolute Gasteiger partial charge is 0.198 e. The third-order valence-corrected chi connectivity index (χ3v) is 5.66. The van der Waals surface area contributed by atoms with Gasteiger partial charge in [0.15, 0.2) is 28.7 Å². The van der Waals surface area contributed by atoms with Gasteiger partial charge in [0.05, 0.1) is 18.8 Å². The summed E-state index contributed by atoms with van der Waals surface area (Å²) in [6, 6.07) is 12.5. The van der Waals surface area contributed by atoms with E-state index in [1.807, 2.05) is 12.1 Å². The summed E-state index contributed by atoms with van der Waals surface area (Å²) in [5.74, 6) is 4.97. The number of benzene rings is 2. The molecule has 0 spiro atoms. The van der Waals surface area contributed by atoms with Gasteiger partial charge in [-0.25, -0.2) is 9.69 Å². The monoisotopic (exact) mass is 573 g/mol. The van der Waals surface area contributed by atoms with Crippen LogP contribution in [0.3, 0.4) is 0 Å². The molecule has 0 unspecified atom stereocenters. The molecule has 9 nitrogen and oxygen atoms in total. The zero-order valence-corrected chi connectivity index (χ0v) is 23.5. The second-order valence-corrected chi connectivity index (χ2v) is 7.95. The number of anilines is 1. The number of hydrogen-bond acceptors (Lipinski definition) is 6. The number of aliphatic hydroxyl groups is 1. The molecular weight excluding hydrogens is 541 g/mol. The summed E-state index contributed by atoms with van der Waals surface area (Å²) >= 11 is 4.64. The van der Waals surface area contributed by atoms with Crippen LogP contribution in [0.15, 0.2) is 42.5 Å². The van der Waals surface area contributed by atoms with Gasteiger partial charge in [0.2, 0.25) is 0 Å². The first-order valence-corrected chi connectivity index (χ1v) is 12.6. The highest BCUT2D eigenvalue weighted by Gasteiger charge is 2.21. The molecule has 2 aliphatic rings. The minimum absolute atomic E-state index is 0. The Balaban J connectivity index is 0.000000547. The van der Waals surface area contributed by atoms with Crippen molar-refractivity contribution in [2.45, 2.75) is 44.9 Å². The number of nitrogens with two attached hydrogens (primary N) is 1. The van der Waals surface area contributed by atoms with E-state index in [9.17, 15) is 14.4 Å². The van der Waals surface area contributed by atoms with Crippen LogP contribution in [-0.4, -0.2) is 40.9 Å². The van der Waals surface area contributed by atoms with Gasteiger partial charge in [0.25, 0.3) is 0 Å². The van der Waals surface area contributed by atoms with Crippen LogP contribution >= 0.6 is 24.0 Å². The van der Waals surface area contributed by atoms with Crippen molar-refractivity contribution in [3.8, 4) is 0 Å². The lowest BCUT2D eigenvalue weighted by molar-refractivity contribution is -0.137. The Morgan fingerprint density at radius 3 is 1.82 bits per heavy atom. The first-order valence-electron chi connectivity index (χ1n) is 11.8. The van der Waals surface area contributed by atoms with Gasteiger partial charge < -0.3 is 15.5 Å². The molecule has 2 aliphatic carbocycles. The van der Waals surface area contributed by atoms with Gasteiger partial charge in [-0.15, -0.1) is 24.0 Å². The largest absolute Gasteiger partial charge is 0.400 e. The lowest BCUT2D eigenvalue weighted by Crippen LogP contribution is -2.17. The molecule has 0 aliphatic heterocycles. The fraction of sp³-hybridized carbons (Fsp3) is 0.321. The van der Waals surface area contributed by atoms with Gasteiger partial charge in [0, 0.05) is 44.0 Å². The average molecular weight is 575 g/mol. The number of hydrogen-bond donors (Lipinski definition) is 4. The SMILES string of the molecule is CCl.CO.Cl.O=C1CCCCC1=O.[C-]#[N+]c1ccc(NN)cc1.[C-]#[N+]c1ccc2[nH]c3c(c2c1)CCCC3=O. The zero-order chi connectivity index (χ0) is 28.5. The zero-order valence-electron chi connectivity index (χ0n) is 21.9. The summed E-state index contributed by atoms with van der Waals surface area (Å²) in [6.07, 6.45) is 6.74. The first-order chi connectivity index (χ1) is 18.5. The summed E-state index contributed by atoms with van der Waals surface area (Å²) < 4.78 is 0. The molecule has 0 atom stereocenters. The number of aromatic amines is 1. The van der Waals surface area contributed by atoms with Crippen molar-refractivity contribution in [1.29, 1.82) is 0 Å². The van der Waals surface area contributed by atoms with E-state index in [-0.39, 0.29) is 29.8 Å². The van der Waals surface area contributed by atoms with Crippen LogP contribution in [0.25, 0.3) is 20.6 Å². The summed E-state index contributed by atoms with van der Waals surface area (Å²) in [6.45, 7) is 13.6. The number of H-pyrrole nitrogens is 1. The second-order valence-electron chi connectivity index (χ2n) is 7.95. The molecule has 208 valence electrons. The molecule has 3 aromatic rings. The number of carbonyl (C=O) groups is 3.